The molecule has 1 aliphatic rings. The van der Waals surface area contributed by atoms with Crippen LogP contribution in [0.3, 0.4) is 0 Å². The molecule has 1 fully saturated rings. The van der Waals surface area contributed by atoms with Gasteiger partial charge in [0.1, 0.15) is 12.6 Å². The summed E-state index contributed by atoms with van der Waals surface area (Å²) in [4.78, 5) is 11.1. The number of carbonyl (C=O) groups is 1. The third kappa shape index (κ3) is 4.11. The van der Waals surface area contributed by atoms with Crippen LogP contribution in [0.4, 0.5) is 0 Å². The van der Waals surface area contributed by atoms with E-state index in [4.69, 9.17) is 9.47 Å². The Hall–Kier alpha value is -1.80. The lowest BCUT2D eigenvalue weighted by Crippen LogP contribution is -2.18. The highest BCUT2D eigenvalue weighted by Crippen LogP contribution is 2.21. The zero-order valence-corrected chi connectivity index (χ0v) is 11.1. The Kier molecular flexibility index (Phi) is 4.99. The fourth-order valence-electron chi connectivity index (χ4n) is 1.92. The van der Waals surface area contributed by atoms with Crippen molar-refractivity contribution in [3.8, 4) is 11.8 Å². The van der Waals surface area contributed by atoms with Crippen LogP contribution in [0.25, 0.3) is 0 Å². The van der Waals surface area contributed by atoms with Crippen molar-refractivity contribution in [2.45, 2.75) is 38.8 Å². The smallest absolute Gasteiger partial charge is 0.317 e. The van der Waals surface area contributed by atoms with E-state index >= 15 is 0 Å². The number of rotatable bonds is 3. The molecule has 0 aromatic carbocycles. The molecule has 102 valence electrons. The number of hydrogen-bond donors (Lipinski definition) is 0. The molecule has 0 N–H and O–H groups in total. The molecule has 0 unspecified atom stereocenters. The molecule has 19 heavy (non-hydrogen) atoms. The topological polar surface area (TPSA) is 53.3 Å². The molecule has 0 spiro atoms. The fourth-order valence-corrected chi connectivity index (χ4v) is 1.92. The van der Waals surface area contributed by atoms with Crippen LogP contribution >= 0.6 is 0 Å². The first kappa shape index (κ1) is 13.6. The summed E-state index contributed by atoms with van der Waals surface area (Å²) in [7, 11) is 0. The molecule has 1 aliphatic heterocycles. The van der Waals surface area contributed by atoms with Gasteiger partial charge in [-0.15, -0.1) is 0 Å². The van der Waals surface area contributed by atoms with Crippen molar-refractivity contribution < 1.29 is 14.3 Å². The summed E-state index contributed by atoms with van der Waals surface area (Å²) in [6.45, 7) is 2.95. The molecule has 5 nitrogen and oxygen atoms in total. The van der Waals surface area contributed by atoms with Gasteiger partial charge in [-0.3, -0.25) is 4.79 Å². The maximum absolute atomic E-state index is 11.1. The molecule has 1 aromatic heterocycles. The monoisotopic (exact) mass is 262 g/mol. The zero-order valence-electron chi connectivity index (χ0n) is 11.1. The van der Waals surface area contributed by atoms with Crippen molar-refractivity contribution in [3.63, 3.8) is 0 Å². The second-order valence-electron chi connectivity index (χ2n) is 4.31. The second-order valence-corrected chi connectivity index (χ2v) is 4.31. The van der Waals surface area contributed by atoms with Crippen molar-refractivity contribution >= 4 is 5.97 Å². The summed E-state index contributed by atoms with van der Waals surface area (Å²) in [5, 5.41) is 4.25. The van der Waals surface area contributed by atoms with E-state index < -0.39 is 0 Å². The maximum atomic E-state index is 11.1. The van der Waals surface area contributed by atoms with Gasteiger partial charge in [0.25, 0.3) is 0 Å². The Labute approximate surface area is 112 Å². The minimum absolute atomic E-state index is 0.0226. The van der Waals surface area contributed by atoms with Crippen LogP contribution in [0.2, 0.25) is 0 Å². The number of hydrogen-bond acceptors (Lipinski definition) is 4. The van der Waals surface area contributed by atoms with E-state index in [-0.39, 0.29) is 18.6 Å². The highest BCUT2D eigenvalue weighted by molar-refractivity contribution is 5.72. The molecule has 0 amide bonds. The lowest BCUT2D eigenvalue weighted by Gasteiger charge is -2.22. The van der Waals surface area contributed by atoms with Crippen LogP contribution < -0.4 is 0 Å². The minimum Gasteiger partial charge on any atom is -0.465 e. The van der Waals surface area contributed by atoms with Crippen molar-refractivity contribution in [1.82, 2.24) is 9.78 Å². The van der Waals surface area contributed by atoms with Gasteiger partial charge in [-0.2, -0.15) is 5.10 Å². The summed E-state index contributed by atoms with van der Waals surface area (Å²) < 4.78 is 12.2. The van der Waals surface area contributed by atoms with E-state index in [1.165, 1.54) is 0 Å². The van der Waals surface area contributed by atoms with E-state index in [2.05, 4.69) is 16.9 Å². The Morgan fingerprint density at radius 2 is 2.53 bits per heavy atom. The van der Waals surface area contributed by atoms with E-state index in [9.17, 15) is 4.79 Å². The van der Waals surface area contributed by atoms with Crippen molar-refractivity contribution in [1.29, 1.82) is 0 Å². The van der Waals surface area contributed by atoms with Gasteiger partial charge >= 0.3 is 5.97 Å². The Morgan fingerprint density at radius 3 is 3.26 bits per heavy atom. The highest BCUT2D eigenvalue weighted by Gasteiger charge is 2.15. The first-order valence-electron chi connectivity index (χ1n) is 6.60. The van der Waals surface area contributed by atoms with E-state index in [0.29, 0.717) is 6.61 Å². The molecular weight excluding hydrogens is 244 g/mol. The standard InChI is InChI=1S/C14H18N2O3/c1-2-18-14(17)8-5-6-12-10-15-16(11-12)13-7-3-4-9-19-13/h10-11,13H,2-4,7-9H2,1H3/t13-/m0/s1. The quantitative estimate of drug-likeness (QED) is 0.616. The lowest BCUT2D eigenvalue weighted by atomic mass is 10.2. The van der Waals surface area contributed by atoms with E-state index in [1.54, 1.807) is 17.8 Å². The summed E-state index contributed by atoms with van der Waals surface area (Å²) >= 11 is 0. The second kappa shape index (κ2) is 6.95. The van der Waals surface area contributed by atoms with Crippen LogP contribution in [0.5, 0.6) is 0 Å². The van der Waals surface area contributed by atoms with Gasteiger partial charge in [-0.05, 0) is 26.2 Å². The normalized spacial score (nSPS) is 18.5. The van der Waals surface area contributed by atoms with Gasteiger partial charge in [-0.25, -0.2) is 4.68 Å². The average molecular weight is 262 g/mol. The predicted molar refractivity (Wildman–Crippen MR) is 69.2 cm³/mol. The van der Waals surface area contributed by atoms with Crippen LogP contribution in [-0.4, -0.2) is 29.0 Å². The Bertz CT molecular complexity index is 478. The SMILES string of the molecule is CCOC(=O)CC#Cc1cnn([C@@H]2CCCCO2)c1. The number of carbonyl (C=O) groups excluding carboxylic acids is 1. The molecule has 0 radical (unpaired) electrons. The maximum Gasteiger partial charge on any atom is 0.317 e. The van der Waals surface area contributed by atoms with Crippen LogP contribution in [0, 0.1) is 11.8 Å². The first-order chi connectivity index (χ1) is 9.29. The Morgan fingerprint density at radius 1 is 1.63 bits per heavy atom. The van der Waals surface area contributed by atoms with Gasteiger partial charge in [-0.1, -0.05) is 11.8 Å². The Balaban J connectivity index is 1.90. The van der Waals surface area contributed by atoms with E-state index in [0.717, 1.165) is 31.4 Å². The van der Waals surface area contributed by atoms with Gasteiger partial charge in [0.15, 0.2) is 0 Å². The highest BCUT2D eigenvalue weighted by atomic mass is 16.5. The van der Waals surface area contributed by atoms with Crippen molar-refractivity contribution in [2.24, 2.45) is 0 Å². The van der Waals surface area contributed by atoms with Gasteiger partial charge in [0.2, 0.25) is 0 Å². The molecule has 1 saturated heterocycles. The summed E-state index contributed by atoms with van der Waals surface area (Å²) in [5.41, 5.74) is 0.790. The van der Waals surface area contributed by atoms with Crippen LogP contribution in [0.1, 0.15) is 44.4 Å². The molecule has 2 rings (SSSR count). The average Bonchev–Trinajstić information content (AvgIpc) is 2.89. The molecule has 0 saturated carbocycles. The molecule has 1 aromatic rings. The summed E-state index contributed by atoms with van der Waals surface area (Å²) in [5.74, 6) is 5.39. The van der Waals surface area contributed by atoms with Crippen LogP contribution in [0.15, 0.2) is 12.4 Å². The third-order valence-electron chi connectivity index (χ3n) is 2.82. The molecule has 0 bridgehead atoms. The lowest BCUT2D eigenvalue weighted by molar-refractivity contribution is -0.141. The third-order valence-corrected chi connectivity index (χ3v) is 2.82. The van der Waals surface area contributed by atoms with Crippen LogP contribution in [-0.2, 0) is 14.3 Å². The number of esters is 1. The van der Waals surface area contributed by atoms with Gasteiger partial charge < -0.3 is 9.47 Å². The first-order valence-corrected chi connectivity index (χ1v) is 6.60. The summed E-state index contributed by atoms with van der Waals surface area (Å²) in [6, 6.07) is 0. The molecule has 5 heteroatoms. The molecule has 1 atom stereocenters. The summed E-state index contributed by atoms with van der Waals surface area (Å²) in [6.07, 6.45) is 6.94. The van der Waals surface area contributed by atoms with Gasteiger partial charge in [0, 0.05) is 12.8 Å². The fraction of sp³-hybridized carbons (Fsp3) is 0.571. The molecule has 0 aliphatic carbocycles. The van der Waals surface area contributed by atoms with E-state index in [1.807, 2.05) is 6.20 Å². The largest absolute Gasteiger partial charge is 0.465 e. The van der Waals surface area contributed by atoms with Crippen molar-refractivity contribution in [2.75, 3.05) is 13.2 Å². The minimum atomic E-state index is -0.294. The zero-order chi connectivity index (χ0) is 13.5. The predicted octanol–water partition coefficient (Wildman–Crippen LogP) is 1.89. The molecule has 2 heterocycles. The molecular formula is C14H18N2O3. The van der Waals surface area contributed by atoms with Gasteiger partial charge in [0.05, 0.1) is 18.4 Å². The number of ether oxygens (including phenoxy) is 2. The number of aromatic nitrogens is 2. The van der Waals surface area contributed by atoms with Crippen molar-refractivity contribution in [3.05, 3.63) is 18.0 Å². The number of nitrogens with zero attached hydrogens (tertiary/aromatic N) is 2.